The fourth-order valence-corrected chi connectivity index (χ4v) is 7.08. The van der Waals surface area contributed by atoms with Gasteiger partial charge in [0.2, 0.25) is 0 Å². The summed E-state index contributed by atoms with van der Waals surface area (Å²) < 4.78 is 18.7. The van der Waals surface area contributed by atoms with Crippen LogP contribution < -0.4 is 17.1 Å². The molecule has 0 saturated heterocycles. The molecule has 1 heterocycles. The second-order valence-corrected chi connectivity index (χ2v) is 16.7. The van der Waals surface area contributed by atoms with E-state index in [0.29, 0.717) is 19.3 Å². The molecule has 1 aromatic heterocycles. The van der Waals surface area contributed by atoms with E-state index >= 15 is 0 Å². The first-order valence-electron chi connectivity index (χ1n) is 25.1. The van der Waals surface area contributed by atoms with Crippen LogP contribution in [0.4, 0.5) is 0 Å². The van der Waals surface area contributed by atoms with Crippen LogP contribution in [0.3, 0.4) is 0 Å². The van der Waals surface area contributed by atoms with Crippen LogP contribution in [0.5, 0.6) is 0 Å². The number of unbranched alkanes of at least 4 members (excludes halogenated alkanes) is 21. The highest BCUT2D eigenvalue weighted by Crippen LogP contribution is 2.11. The third-order valence-corrected chi connectivity index (χ3v) is 11.0. The molecule has 0 radical (unpaired) electrons. The average Bonchev–Trinajstić information content (AvgIpc) is 3.27. The van der Waals surface area contributed by atoms with Crippen LogP contribution in [0, 0.1) is 0 Å². The summed E-state index contributed by atoms with van der Waals surface area (Å²) in [6.45, 7) is 5.09. The number of aromatic nitrogens is 3. The molecule has 0 saturated carbocycles. The number of esters is 3. The van der Waals surface area contributed by atoms with Gasteiger partial charge in [-0.1, -0.05) is 154 Å². The third kappa shape index (κ3) is 30.7. The highest BCUT2D eigenvalue weighted by molar-refractivity contribution is 5.69. The first kappa shape index (κ1) is 57.1. The van der Waals surface area contributed by atoms with Gasteiger partial charge in [0.15, 0.2) is 0 Å². The summed E-state index contributed by atoms with van der Waals surface area (Å²) in [5, 5.41) is 0. The van der Waals surface area contributed by atoms with Gasteiger partial charge in [-0.15, -0.1) is 0 Å². The Bertz CT molecular complexity index is 1390. The molecule has 0 aliphatic rings. The number of carbonyl (C=O) groups excluding carboxylic acids is 3. The quantitative estimate of drug-likeness (QED) is 0.0271. The van der Waals surface area contributed by atoms with Crippen molar-refractivity contribution < 1.29 is 28.6 Å². The van der Waals surface area contributed by atoms with E-state index in [-0.39, 0.29) is 58.7 Å². The lowest BCUT2D eigenvalue weighted by molar-refractivity contribution is -0.144. The van der Waals surface area contributed by atoms with Gasteiger partial charge in [0, 0.05) is 19.3 Å². The van der Waals surface area contributed by atoms with Crippen molar-refractivity contribution in [3.05, 3.63) is 67.9 Å². The zero-order valence-corrected chi connectivity index (χ0v) is 39.9. The van der Waals surface area contributed by atoms with Crippen LogP contribution in [0.15, 0.2) is 50.8 Å². The van der Waals surface area contributed by atoms with Crippen molar-refractivity contribution in [2.75, 3.05) is 19.8 Å². The zero-order valence-electron chi connectivity index (χ0n) is 39.9. The molecule has 63 heavy (non-hydrogen) atoms. The van der Waals surface area contributed by atoms with Crippen LogP contribution in [-0.4, -0.2) is 51.4 Å². The summed E-state index contributed by atoms with van der Waals surface area (Å²) in [4.78, 5) is 77.9. The highest BCUT2D eigenvalue weighted by Gasteiger charge is 2.17. The molecule has 0 fully saturated rings. The molecule has 0 amide bonds. The zero-order chi connectivity index (χ0) is 46.0. The average molecular weight is 886 g/mol. The van der Waals surface area contributed by atoms with Gasteiger partial charge < -0.3 is 14.2 Å². The van der Waals surface area contributed by atoms with Gasteiger partial charge in [-0.25, -0.2) is 28.1 Å². The Balaban J connectivity index is 2.70. The largest absolute Gasteiger partial charge is 0.464 e. The number of ether oxygens (including phenoxy) is 3. The van der Waals surface area contributed by atoms with Crippen LogP contribution >= 0.6 is 0 Å². The second kappa shape index (κ2) is 40.8. The van der Waals surface area contributed by atoms with Gasteiger partial charge in [-0.2, -0.15) is 0 Å². The number of hydrogen-bond acceptors (Lipinski definition) is 9. The van der Waals surface area contributed by atoms with Gasteiger partial charge in [0.1, 0.15) is 19.8 Å². The maximum absolute atomic E-state index is 13.5. The van der Waals surface area contributed by atoms with E-state index in [2.05, 4.69) is 57.2 Å². The summed E-state index contributed by atoms with van der Waals surface area (Å²) in [7, 11) is 0. The first-order valence-corrected chi connectivity index (χ1v) is 25.1. The Hall–Kier alpha value is -3.96. The highest BCUT2D eigenvalue weighted by atomic mass is 16.5. The molecule has 360 valence electrons. The minimum Gasteiger partial charge on any atom is -0.464 e. The molecule has 0 N–H and O–H groups in total. The van der Waals surface area contributed by atoms with E-state index < -0.39 is 35.0 Å². The third-order valence-electron chi connectivity index (χ3n) is 11.0. The molecule has 0 spiro atoms. The minimum absolute atomic E-state index is 0.230. The Morgan fingerprint density at radius 2 is 0.571 bits per heavy atom. The SMILES string of the molecule is CCCC/C=C/CCCCCCCC(=O)OCCn1c(=O)n(CCOC(=O)CCCCCCC/C=C/CCCC)c(=O)n(CCOC(=O)CCCCCCC/C=C/CCCC)c1=O. The Kier molecular flexibility index (Phi) is 36.9. The molecule has 0 aliphatic heterocycles. The van der Waals surface area contributed by atoms with Crippen molar-refractivity contribution in [2.24, 2.45) is 0 Å². The van der Waals surface area contributed by atoms with Gasteiger partial charge in [-0.3, -0.25) is 14.4 Å². The van der Waals surface area contributed by atoms with Crippen molar-refractivity contribution in [1.29, 1.82) is 0 Å². The molecular weight excluding hydrogens is 799 g/mol. The predicted molar refractivity (Wildman–Crippen MR) is 255 cm³/mol. The normalized spacial score (nSPS) is 11.7. The van der Waals surface area contributed by atoms with Gasteiger partial charge >= 0.3 is 35.0 Å². The molecular formula is C51H87N3O9. The van der Waals surface area contributed by atoms with E-state index in [1.165, 1.54) is 38.5 Å². The van der Waals surface area contributed by atoms with Crippen molar-refractivity contribution in [3.63, 3.8) is 0 Å². The van der Waals surface area contributed by atoms with Crippen LogP contribution in [-0.2, 0) is 48.2 Å². The molecule has 0 unspecified atom stereocenters. The summed E-state index contributed by atoms with van der Waals surface area (Å²) in [5.41, 5.74) is -2.67. The number of hydrogen-bond donors (Lipinski definition) is 0. The van der Waals surface area contributed by atoms with Crippen molar-refractivity contribution in [3.8, 4) is 0 Å². The maximum Gasteiger partial charge on any atom is 0.336 e. The van der Waals surface area contributed by atoms with E-state index in [1.807, 2.05) is 0 Å². The van der Waals surface area contributed by atoms with E-state index in [0.717, 1.165) is 129 Å². The van der Waals surface area contributed by atoms with E-state index in [4.69, 9.17) is 14.2 Å². The molecule has 0 aliphatic carbocycles. The monoisotopic (exact) mass is 886 g/mol. The van der Waals surface area contributed by atoms with Crippen LogP contribution in [0.2, 0.25) is 0 Å². The fourth-order valence-electron chi connectivity index (χ4n) is 7.08. The van der Waals surface area contributed by atoms with Crippen LogP contribution in [0.1, 0.15) is 213 Å². The number of carbonyl (C=O) groups is 3. The van der Waals surface area contributed by atoms with Gasteiger partial charge in [0.05, 0.1) is 19.6 Å². The predicted octanol–water partition coefficient (Wildman–Crippen LogP) is 11.2. The standard InChI is InChI=1S/C51H87N3O9/c1-4-7-10-13-16-19-22-25-28-31-34-37-46(55)61-43-40-52-49(58)53(41-44-62-47(56)38-35-32-29-26-23-20-17-14-11-8-5-2)51(60)54(50(52)59)42-45-63-48(57)39-36-33-30-27-24-21-18-15-12-9-6-3/h13-18H,4-12,19-45H2,1-3H3/b16-13+,17-14+,18-15+. The minimum atomic E-state index is -0.890. The maximum atomic E-state index is 13.5. The lowest BCUT2D eigenvalue weighted by atomic mass is 10.1. The van der Waals surface area contributed by atoms with Crippen molar-refractivity contribution >= 4 is 17.9 Å². The number of nitrogens with zero attached hydrogens (tertiary/aromatic N) is 3. The van der Waals surface area contributed by atoms with E-state index in [1.54, 1.807) is 0 Å². The number of allylic oxidation sites excluding steroid dienone is 6. The molecule has 0 aromatic carbocycles. The topological polar surface area (TPSA) is 145 Å². The lowest BCUT2D eigenvalue weighted by Gasteiger charge is -2.14. The Labute approximate surface area is 379 Å². The molecule has 12 heteroatoms. The van der Waals surface area contributed by atoms with Crippen molar-refractivity contribution in [1.82, 2.24) is 13.7 Å². The molecule has 1 rings (SSSR count). The molecule has 0 atom stereocenters. The fraction of sp³-hybridized carbons (Fsp3) is 0.765. The molecule has 0 bridgehead atoms. The lowest BCUT2D eigenvalue weighted by Crippen LogP contribution is -2.55. The molecule has 12 nitrogen and oxygen atoms in total. The summed E-state index contributed by atoms with van der Waals surface area (Å²) in [6.07, 6.45) is 42.7. The first-order chi connectivity index (χ1) is 30.8. The summed E-state index contributed by atoms with van der Waals surface area (Å²) >= 11 is 0. The van der Waals surface area contributed by atoms with E-state index in [9.17, 15) is 28.8 Å². The summed E-state index contributed by atoms with van der Waals surface area (Å²) in [5.74, 6) is -1.25. The van der Waals surface area contributed by atoms with Crippen LogP contribution in [0.25, 0.3) is 0 Å². The molecule has 1 aromatic rings. The summed E-state index contributed by atoms with van der Waals surface area (Å²) in [6, 6.07) is 0. The second-order valence-electron chi connectivity index (χ2n) is 16.7. The Morgan fingerprint density at radius 1 is 0.349 bits per heavy atom. The Morgan fingerprint density at radius 3 is 0.825 bits per heavy atom. The van der Waals surface area contributed by atoms with Gasteiger partial charge in [0.25, 0.3) is 0 Å². The smallest absolute Gasteiger partial charge is 0.336 e. The van der Waals surface area contributed by atoms with Gasteiger partial charge in [-0.05, 0) is 77.0 Å². The number of rotatable bonds is 42. The van der Waals surface area contributed by atoms with Crippen molar-refractivity contribution in [2.45, 2.75) is 233 Å².